The molecule has 1 atom stereocenters. The summed E-state index contributed by atoms with van der Waals surface area (Å²) in [6.07, 6.45) is 3.04. The minimum Gasteiger partial charge on any atom is -0.507 e. The van der Waals surface area contributed by atoms with Crippen molar-refractivity contribution in [3.8, 4) is 5.75 Å². The molecule has 2 aromatic heterocycles. The Morgan fingerprint density at radius 1 is 1.18 bits per heavy atom. The number of methoxy groups -OCH3 is 1. The first-order valence-corrected chi connectivity index (χ1v) is 11.2. The molecule has 1 unspecified atom stereocenters. The minimum absolute atomic E-state index is 0.103. The van der Waals surface area contributed by atoms with Crippen LogP contribution in [0.25, 0.3) is 16.0 Å². The van der Waals surface area contributed by atoms with Gasteiger partial charge < -0.3 is 9.84 Å². The van der Waals surface area contributed by atoms with Gasteiger partial charge in [0.15, 0.2) is 5.13 Å². The Hall–Kier alpha value is -3.82. The zero-order chi connectivity index (χ0) is 24.0. The molecule has 0 radical (unpaired) electrons. The summed E-state index contributed by atoms with van der Waals surface area (Å²) in [5, 5.41) is 11.3. The van der Waals surface area contributed by atoms with Crippen LogP contribution in [0.1, 0.15) is 17.2 Å². The lowest BCUT2D eigenvalue weighted by Gasteiger charge is -2.22. The van der Waals surface area contributed by atoms with E-state index in [4.69, 9.17) is 16.3 Å². The number of fused-ring (bicyclic) bond motifs is 1. The summed E-state index contributed by atoms with van der Waals surface area (Å²) in [6.45, 7) is 0. The van der Waals surface area contributed by atoms with E-state index in [1.165, 1.54) is 36.5 Å². The van der Waals surface area contributed by atoms with Crippen LogP contribution < -0.4 is 9.64 Å². The quantitative estimate of drug-likeness (QED) is 0.240. The van der Waals surface area contributed by atoms with Crippen molar-refractivity contribution in [2.45, 2.75) is 6.04 Å². The Bertz CT molecular complexity index is 1450. The van der Waals surface area contributed by atoms with E-state index in [0.29, 0.717) is 21.5 Å². The van der Waals surface area contributed by atoms with Crippen molar-refractivity contribution in [3.05, 3.63) is 88.5 Å². The normalized spacial score (nSPS) is 17.5. The molecule has 4 aromatic rings. The number of benzene rings is 2. The van der Waals surface area contributed by atoms with Crippen molar-refractivity contribution in [2.75, 3.05) is 12.0 Å². The fourth-order valence-electron chi connectivity index (χ4n) is 3.89. The van der Waals surface area contributed by atoms with Gasteiger partial charge in [0, 0.05) is 12.4 Å². The van der Waals surface area contributed by atoms with Crippen molar-refractivity contribution in [1.29, 1.82) is 0 Å². The van der Waals surface area contributed by atoms with Gasteiger partial charge in [0.05, 0.1) is 39.5 Å². The predicted molar refractivity (Wildman–Crippen MR) is 127 cm³/mol. The number of hydrogen-bond donors (Lipinski definition) is 1. The maximum Gasteiger partial charge on any atom is 0.301 e. The number of ether oxygens (including phenoxy) is 1. The summed E-state index contributed by atoms with van der Waals surface area (Å²) in [6, 6.07) is 11.5. The van der Waals surface area contributed by atoms with Gasteiger partial charge in [-0.15, -0.1) is 0 Å². The molecule has 3 heterocycles. The number of rotatable bonds is 4. The first-order valence-electron chi connectivity index (χ1n) is 10.0. The smallest absolute Gasteiger partial charge is 0.301 e. The molecule has 1 N–H and O–H groups in total. The van der Waals surface area contributed by atoms with Gasteiger partial charge >= 0.3 is 5.91 Å². The van der Waals surface area contributed by atoms with Crippen LogP contribution in [0.4, 0.5) is 9.52 Å². The van der Waals surface area contributed by atoms with E-state index in [2.05, 4.69) is 9.97 Å². The van der Waals surface area contributed by atoms with Crippen LogP contribution in [0.3, 0.4) is 0 Å². The van der Waals surface area contributed by atoms with Crippen LogP contribution in [-0.2, 0) is 9.59 Å². The number of aliphatic hydroxyl groups is 1. The monoisotopic (exact) mass is 495 g/mol. The van der Waals surface area contributed by atoms with Crippen LogP contribution in [0.2, 0.25) is 5.02 Å². The summed E-state index contributed by atoms with van der Waals surface area (Å²) in [4.78, 5) is 36.1. The fourth-order valence-corrected chi connectivity index (χ4v) is 5.05. The zero-order valence-corrected chi connectivity index (χ0v) is 19.1. The van der Waals surface area contributed by atoms with Crippen LogP contribution in [0, 0.1) is 5.82 Å². The molecule has 0 saturated carbocycles. The number of amides is 1. The number of aliphatic hydroxyl groups excluding tert-OH is 1. The number of nitrogens with zero attached hydrogens (tertiary/aromatic N) is 3. The average Bonchev–Trinajstić information content (AvgIpc) is 3.37. The topological polar surface area (TPSA) is 92.6 Å². The largest absolute Gasteiger partial charge is 0.507 e. The third-order valence-electron chi connectivity index (χ3n) is 5.45. The second kappa shape index (κ2) is 8.51. The van der Waals surface area contributed by atoms with Crippen molar-refractivity contribution in [2.24, 2.45) is 0 Å². The fraction of sp³-hybridized carbons (Fsp3) is 0.0833. The molecule has 1 fully saturated rings. The minimum atomic E-state index is -0.992. The number of para-hydroxylation sites is 1. The number of Topliss-reactive ketones (excluding diaryl/α,β-unsaturated/α-hetero) is 1. The van der Waals surface area contributed by atoms with Gasteiger partial charge in [0.1, 0.15) is 17.3 Å². The number of anilines is 1. The Morgan fingerprint density at radius 3 is 2.65 bits per heavy atom. The summed E-state index contributed by atoms with van der Waals surface area (Å²) in [5.74, 6) is -2.41. The summed E-state index contributed by atoms with van der Waals surface area (Å²) in [5.41, 5.74) is 1.06. The maximum absolute atomic E-state index is 14.0. The first kappa shape index (κ1) is 22.0. The van der Waals surface area contributed by atoms with Gasteiger partial charge in [-0.05, 0) is 42.0 Å². The highest BCUT2D eigenvalue weighted by atomic mass is 35.5. The Morgan fingerprint density at radius 2 is 1.91 bits per heavy atom. The van der Waals surface area contributed by atoms with Crippen molar-refractivity contribution in [1.82, 2.24) is 9.97 Å². The van der Waals surface area contributed by atoms with E-state index in [0.717, 1.165) is 11.3 Å². The number of pyridine rings is 1. The number of carbonyl (C=O) groups excluding carboxylic acids is 2. The molecule has 7 nitrogen and oxygen atoms in total. The van der Waals surface area contributed by atoms with Crippen LogP contribution in [0.5, 0.6) is 5.75 Å². The van der Waals surface area contributed by atoms with E-state index >= 15 is 0 Å². The molecule has 1 saturated heterocycles. The van der Waals surface area contributed by atoms with Gasteiger partial charge in [0.2, 0.25) is 0 Å². The lowest BCUT2D eigenvalue weighted by molar-refractivity contribution is -0.132. The standard InChI is InChI=1S/C24H15ClFN3O4S/c1-33-17-5-3-2-4-13(17)21(30)19-20(12-6-8-27-9-7-12)29(23(32)22(19)31)24-28-16-10-14(25)15(26)11-18(16)34-24/h2-11,20,30H,1H3/b21-19+. The number of thiazole rings is 1. The second-order valence-electron chi connectivity index (χ2n) is 7.38. The van der Waals surface area contributed by atoms with Crippen molar-refractivity contribution >= 4 is 55.7 Å². The second-order valence-corrected chi connectivity index (χ2v) is 8.80. The molecule has 0 bridgehead atoms. The Balaban J connectivity index is 1.74. The molecule has 1 aliphatic heterocycles. The highest BCUT2D eigenvalue weighted by molar-refractivity contribution is 7.22. The van der Waals surface area contributed by atoms with Crippen LogP contribution >= 0.6 is 22.9 Å². The zero-order valence-electron chi connectivity index (χ0n) is 17.5. The number of carbonyl (C=O) groups is 2. The lowest BCUT2D eigenvalue weighted by atomic mass is 9.96. The third kappa shape index (κ3) is 3.49. The van der Waals surface area contributed by atoms with E-state index in [9.17, 15) is 19.1 Å². The highest BCUT2D eigenvalue weighted by Crippen LogP contribution is 2.45. The lowest BCUT2D eigenvalue weighted by Crippen LogP contribution is -2.29. The number of aromatic nitrogens is 2. The summed E-state index contributed by atoms with van der Waals surface area (Å²) < 4.78 is 19.8. The molecule has 1 amide bonds. The summed E-state index contributed by atoms with van der Waals surface area (Å²) >= 11 is 6.93. The third-order valence-corrected chi connectivity index (χ3v) is 6.76. The highest BCUT2D eigenvalue weighted by Gasteiger charge is 2.48. The van der Waals surface area contributed by atoms with Gasteiger partial charge in [0.25, 0.3) is 5.78 Å². The maximum atomic E-state index is 14.0. The SMILES string of the molecule is COc1ccccc1/C(O)=C1\C(=O)C(=O)N(c2nc3cc(Cl)c(F)cc3s2)C1c1ccncc1. The van der Waals surface area contributed by atoms with E-state index < -0.39 is 23.5 Å². The van der Waals surface area contributed by atoms with Gasteiger partial charge in [-0.2, -0.15) is 0 Å². The Kier molecular flexibility index (Phi) is 5.51. The average molecular weight is 496 g/mol. The molecule has 5 rings (SSSR count). The molecule has 10 heteroatoms. The van der Waals surface area contributed by atoms with E-state index in [1.54, 1.807) is 36.4 Å². The first-order chi connectivity index (χ1) is 16.4. The van der Waals surface area contributed by atoms with Crippen LogP contribution in [0.15, 0.2) is 66.5 Å². The van der Waals surface area contributed by atoms with E-state index in [1.807, 2.05) is 0 Å². The van der Waals surface area contributed by atoms with Gasteiger partial charge in [-0.25, -0.2) is 9.37 Å². The molecule has 34 heavy (non-hydrogen) atoms. The van der Waals surface area contributed by atoms with Crippen LogP contribution in [-0.4, -0.2) is 33.9 Å². The number of ketones is 1. The number of halogens is 2. The molecule has 2 aromatic carbocycles. The van der Waals surface area contributed by atoms with Crippen molar-refractivity contribution < 1.29 is 23.8 Å². The van der Waals surface area contributed by atoms with E-state index in [-0.39, 0.29) is 27.0 Å². The number of hydrogen-bond acceptors (Lipinski definition) is 7. The molecule has 170 valence electrons. The molecule has 0 aliphatic carbocycles. The Labute approximate surface area is 201 Å². The summed E-state index contributed by atoms with van der Waals surface area (Å²) in [7, 11) is 1.44. The molecule has 1 aliphatic rings. The van der Waals surface area contributed by atoms with Gasteiger partial charge in [-0.3, -0.25) is 19.5 Å². The molecular weight excluding hydrogens is 481 g/mol. The van der Waals surface area contributed by atoms with Crippen molar-refractivity contribution in [3.63, 3.8) is 0 Å². The molecule has 0 spiro atoms. The van der Waals surface area contributed by atoms with Gasteiger partial charge in [-0.1, -0.05) is 35.1 Å². The molecular formula is C24H15ClFN3O4S. The predicted octanol–water partition coefficient (Wildman–Crippen LogP) is 5.12.